The number of nitrogens with zero attached hydrogens (tertiary/aromatic N) is 2. The molecule has 1 aliphatic carbocycles. The van der Waals surface area contributed by atoms with Gasteiger partial charge >= 0.3 is 12.1 Å². The van der Waals surface area contributed by atoms with Crippen molar-refractivity contribution in [3.8, 4) is 0 Å². The molecule has 1 spiro atoms. The Balaban J connectivity index is 1.44. The van der Waals surface area contributed by atoms with Crippen molar-refractivity contribution in [3.05, 3.63) is 64.7 Å². The zero-order valence-corrected chi connectivity index (χ0v) is 17.5. The summed E-state index contributed by atoms with van der Waals surface area (Å²) in [7, 11) is 1.56. The van der Waals surface area contributed by atoms with E-state index in [9.17, 15) is 33.1 Å². The van der Waals surface area contributed by atoms with Crippen molar-refractivity contribution in [3.63, 3.8) is 0 Å². The van der Waals surface area contributed by atoms with E-state index in [0.29, 0.717) is 18.2 Å². The predicted octanol–water partition coefficient (Wildman–Crippen LogP) is 2.10. The van der Waals surface area contributed by atoms with Gasteiger partial charge in [-0.3, -0.25) is 19.8 Å². The van der Waals surface area contributed by atoms with E-state index in [0.717, 1.165) is 28.2 Å². The van der Waals surface area contributed by atoms with Gasteiger partial charge in [0.25, 0.3) is 5.91 Å². The summed E-state index contributed by atoms with van der Waals surface area (Å²) in [6.45, 7) is -0.937. The average Bonchev–Trinajstić information content (AvgIpc) is 3.20. The molecule has 2 aliphatic rings. The number of amides is 5. The SMILES string of the molecule is CN1C(=O)NC(=O)[C@@]12Cc1ccc(NC(=O)CN(Cc3cc(F)cc(F)c3)C(=O)O)cc1C2. The van der Waals surface area contributed by atoms with Gasteiger partial charge in [-0.2, -0.15) is 0 Å². The van der Waals surface area contributed by atoms with Crippen molar-refractivity contribution >= 4 is 29.6 Å². The zero-order valence-electron chi connectivity index (χ0n) is 17.5. The highest BCUT2D eigenvalue weighted by atomic mass is 19.1. The first kappa shape index (κ1) is 22.2. The average molecular weight is 458 g/mol. The number of carboxylic acid groups (broad SMARTS) is 1. The second-order valence-electron chi connectivity index (χ2n) is 8.15. The van der Waals surface area contributed by atoms with E-state index in [1.54, 1.807) is 25.2 Å². The molecule has 1 saturated heterocycles. The molecule has 172 valence electrons. The normalized spacial score (nSPS) is 18.9. The van der Waals surface area contributed by atoms with E-state index in [1.807, 2.05) is 0 Å². The Morgan fingerprint density at radius 1 is 1.12 bits per heavy atom. The number of carbonyl (C=O) groups is 4. The van der Waals surface area contributed by atoms with Crippen molar-refractivity contribution in [1.82, 2.24) is 15.1 Å². The minimum atomic E-state index is -1.43. The molecule has 5 amide bonds. The number of carbonyl (C=O) groups excluding carboxylic acids is 3. The molecule has 0 bridgehead atoms. The molecule has 3 N–H and O–H groups in total. The summed E-state index contributed by atoms with van der Waals surface area (Å²) in [6.07, 6.45) is -0.792. The summed E-state index contributed by atoms with van der Waals surface area (Å²) in [5.74, 6) is -2.71. The Labute approximate surface area is 187 Å². The van der Waals surface area contributed by atoms with Gasteiger partial charge in [-0.1, -0.05) is 6.07 Å². The number of nitrogens with one attached hydrogen (secondary N) is 2. The molecule has 1 fully saturated rings. The monoisotopic (exact) mass is 458 g/mol. The van der Waals surface area contributed by atoms with Crippen LogP contribution in [0.1, 0.15) is 16.7 Å². The van der Waals surface area contributed by atoms with Gasteiger partial charge in [-0.05, 0) is 41.0 Å². The van der Waals surface area contributed by atoms with Crippen LogP contribution in [0.2, 0.25) is 0 Å². The maximum absolute atomic E-state index is 13.4. The van der Waals surface area contributed by atoms with Crippen molar-refractivity contribution in [2.24, 2.45) is 0 Å². The van der Waals surface area contributed by atoms with Crippen molar-refractivity contribution in [2.75, 3.05) is 18.9 Å². The van der Waals surface area contributed by atoms with E-state index >= 15 is 0 Å². The molecule has 1 atom stereocenters. The molecule has 1 aliphatic heterocycles. The molecule has 9 nitrogen and oxygen atoms in total. The van der Waals surface area contributed by atoms with E-state index < -0.39 is 41.7 Å². The molecule has 33 heavy (non-hydrogen) atoms. The lowest BCUT2D eigenvalue weighted by Gasteiger charge is -2.27. The first-order chi connectivity index (χ1) is 15.6. The summed E-state index contributed by atoms with van der Waals surface area (Å²) in [6, 6.07) is 7.24. The number of urea groups is 1. The van der Waals surface area contributed by atoms with E-state index in [2.05, 4.69) is 10.6 Å². The number of fused-ring (bicyclic) bond motifs is 1. The summed E-state index contributed by atoms with van der Waals surface area (Å²) >= 11 is 0. The molecule has 0 aromatic heterocycles. The molecule has 0 unspecified atom stereocenters. The quantitative estimate of drug-likeness (QED) is 0.593. The summed E-state index contributed by atoms with van der Waals surface area (Å²) in [5, 5.41) is 14.3. The Kier molecular flexibility index (Phi) is 5.48. The van der Waals surface area contributed by atoms with Gasteiger partial charge in [-0.15, -0.1) is 0 Å². The molecule has 11 heteroatoms. The van der Waals surface area contributed by atoms with Crippen LogP contribution in [-0.2, 0) is 29.0 Å². The Morgan fingerprint density at radius 3 is 2.39 bits per heavy atom. The maximum Gasteiger partial charge on any atom is 0.408 e. The largest absolute Gasteiger partial charge is 0.465 e. The number of anilines is 1. The molecular weight excluding hydrogens is 438 g/mol. The first-order valence-corrected chi connectivity index (χ1v) is 10.0. The van der Waals surface area contributed by atoms with Crippen molar-refractivity contribution in [1.29, 1.82) is 0 Å². The van der Waals surface area contributed by atoms with Crippen LogP contribution in [0.4, 0.5) is 24.1 Å². The van der Waals surface area contributed by atoms with Crippen LogP contribution in [-0.4, -0.2) is 58.0 Å². The fourth-order valence-corrected chi connectivity index (χ4v) is 4.26. The Morgan fingerprint density at radius 2 is 1.79 bits per heavy atom. The highest BCUT2D eigenvalue weighted by Gasteiger charge is 2.54. The third-order valence-corrected chi connectivity index (χ3v) is 5.95. The van der Waals surface area contributed by atoms with Gasteiger partial charge in [0.15, 0.2) is 0 Å². The Hall–Kier alpha value is -4.02. The van der Waals surface area contributed by atoms with Crippen molar-refractivity contribution < 1.29 is 33.1 Å². The standard InChI is InChI=1S/C22H20F2N4O5/c1-27-20(31)26-19(30)22(27)8-13-2-3-17(6-14(13)9-22)25-18(29)11-28(21(32)33)10-12-4-15(23)7-16(24)5-12/h2-7H,8-11H2,1H3,(H,25,29)(H,32,33)(H,26,30,31)/t22-/m0/s1. The summed E-state index contributed by atoms with van der Waals surface area (Å²) in [4.78, 5) is 50.4. The third kappa shape index (κ3) is 4.21. The first-order valence-electron chi connectivity index (χ1n) is 10.0. The predicted molar refractivity (Wildman–Crippen MR) is 111 cm³/mol. The molecule has 2 aromatic rings. The zero-order chi connectivity index (χ0) is 23.9. The summed E-state index contributed by atoms with van der Waals surface area (Å²) in [5.41, 5.74) is 1.12. The fraction of sp³-hybridized carbons (Fsp3) is 0.273. The van der Waals surface area contributed by atoms with Gasteiger partial charge in [-0.25, -0.2) is 18.4 Å². The minimum absolute atomic E-state index is 0.0686. The number of rotatable bonds is 5. The van der Waals surface area contributed by atoms with E-state index in [1.165, 1.54) is 4.90 Å². The number of hydrogen-bond acceptors (Lipinski definition) is 4. The number of halogens is 2. The number of benzene rings is 2. The lowest BCUT2D eigenvalue weighted by Crippen LogP contribution is -2.48. The van der Waals surface area contributed by atoms with Crippen LogP contribution in [0.5, 0.6) is 0 Å². The number of hydrogen-bond donors (Lipinski definition) is 3. The van der Waals surface area contributed by atoms with Gasteiger partial charge in [0, 0.05) is 38.2 Å². The van der Waals surface area contributed by atoms with Crippen molar-refractivity contribution in [2.45, 2.75) is 24.9 Å². The van der Waals surface area contributed by atoms with Crippen LogP contribution >= 0.6 is 0 Å². The van der Waals surface area contributed by atoms with Gasteiger partial charge in [0.2, 0.25) is 5.91 Å². The summed E-state index contributed by atoms with van der Waals surface area (Å²) < 4.78 is 26.8. The second kappa shape index (κ2) is 8.15. The highest BCUT2D eigenvalue weighted by molar-refractivity contribution is 6.07. The molecule has 1 heterocycles. The molecule has 0 saturated carbocycles. The Bertz CT molecular complexity index is 1170. The molecule has 2 aromatic carbocycles. The third-order valence-electron chi connectivity index (χ3n) is 5.95. The van der Waals surface area contributed by atoms with Crippen LogP contribution in [0.3, 0.4) is 0 Å². The number of likely N-dealkylation sites (N-methyl/N-ethyl adjacent to an activating group) is 1. The molecule has 0 radical (unpaired) electrons. The lowest BCUT2D eigenvalue weighted by atomic mass is 9.95. The van der Waals surface area contributed by atoms with Gasteiger partial charge in [0.05, 0.1) is 0 Å². The van der Waals surface area contributed by atoms with Crippen LogP contribution in [0.15, 0.2) is 36.4 Å². The fourth-order valence-electron chi connectivity index (χ4n) is 4.26. The van der Waals surface area contributed by atoms with E-state index in [4.69, 9.17) is 0 Å². The van der Waals surface area contributed by atoms with Crippen LogP contribution in [0.25, 0.3) is 0 Å². The van der Waals surface area contributed by atoms with Gasteiger partial charge in [0.1, 0.15) is 23.7 Å². The highest BCUT2D eigenvalue weighted by Crippen LogP contribution is 2.38. The lowest BCUT2D eigenvalue weighted by molar-refractivity contribution is -0.125. The smallest absolute Gasteiger partial charge is 0.408 e. The van der Waals surface area contributed by atoms with Crippen LogP contribution in [0, 0.1) is 11.6 Å². The maximum atomic E-state index is 13.4. The van der Waals surface area contributed by atoms with Crippen LogP contribution < -0.4 is 10.6 Å². The molecular formula is C22H20F2N4O5. The second-order valence-corrected chi connectivity index (χ2v) is 8.15. The van der Waals surface area contributed by atoms with Gasteiger partial charge < -0.3 is 15.3 Å². The molecule has 4 rings (SSSR count). The topological polar surface area (TPSA) is 119 Å². The minimum Gasteiger partial charge on any atom is -0.465 e. The van der Waals surface area contributed by atoms with E-state index in [-0.39, 0.29) is 24.4 Å². The number of imide groups is 1.